The summed E-state index contributed by atoms with van der Waals surface area (Å²) in [6.07, 6.45) is 0. The van der Waals surface area contributed by atoms with Crippen molar-refractivity contribution in [3.8, 4) is 0 Å². The van der Waals surface area contributed by atoms with Crippen molar-refractivity contribution in [3.63, 3.8) is 0 Å². The van der Waals surface area contributed by atoms with Crippen molar-refractivity contribution in [1.82, 2.24) is 4.90 Å². The molecule has 98 valence electrons. The lowest BCUT2D eigenvalue weighted by molar-refractivity contribution is -0.141. The second-order valence-electron chi connectivity index (χ2n) is 4.05. The number of carboxylic acids is 1. The molecule has 0 fully saturated rings. The Morgan fingerprint density at radius 3 is 2.61 bits per heavy atom. The van der Waals surface area contributed by atoms with Crippen LogP contribution in [0, 0.1) is 11.7 Å². The summed E-state index contributed by atoms with van der Waals surface area (Å²) in [7, 11) is 1.51. The molecule has 1 aromatic rings. The lowest BCUT2D eigenvalue weighted by Crippen LogP contribution is -2.33. The van der Waals surface area contributed by atoms with Gasteiger partial charge in [-0.2, -0.15) is 0 Å². The maximum atomic E-state index is 12.9. The van der Waals surface area contributed by atoms with Gasteiger partial charge in [-0.15, -0.1) is 0 Å². The van der Waals surface area contributed by atoms with E-state index in [2.05, 4.69) is 15.9 Å². The predicted octanol–water partition coefficient (Wildman–Crippen LogP) is 2.38. The highest BCUT2D eigenvalue weighted by Gasteiger charge is 2.20. The number of hydrogen-bond donors (Lipinski definition) is 1. The van der Waals surface area contributed by atoms with Crippen molar-refractivity contribution in [2.45, 2.75) is 6.92 Å². The Hall–Kier alpha value is -1.43. The molecule has 0 saturated heterocycles. The quantitative estimate of drug-likeness (QED) is 0.927. The molecule has 0 radical (unpaired) electrons. The van der Waals surface area contributed by atoms with Gasteiger partial charge in [0.05, 0.1) is 11.5 Å². The van der Waals surface area contributed by atoms with Crippen LogP contribution in [-0.2, 0) is 4.79 Å². The van der Waals surface area contributed by atoms with Crippen molar-refractivity contribution in [2.75, 3.05) is 13.6 Å². The zero-order valence-corrected chi connectivity index (χ0v) is 11.6. The standard InChI is InChI=1S/C12H13BrFNO3/c1-7(12(17)18)6-15(2)11(16)9-4-3-8(14)5-10(9)13/h3-5,7H,6H2,1-2H3,(H,17,18). The molecule has 0 bridgehead atoms. The van der Waals surface area contributed by atoms with E-state index in [4.69, 9.17) is 5.11 Å². The molecule has 1 atom stereocenters. The second-order valence-corrected chi connectivity index (χ2v) is 4.90. The predicted molar refractivity (Wildman–Crippen MR) is 67.9 cm³/mol. The van der Waals surface area contributed by atoms with Crippen LogP contribution in [0.1, 0.15) is 17.3 Å². The molecule has 0 aliphatic heterocycles. The van der Waals surface area contributed by atoms with Crippen LogP contribution < -0.4 is 0 Å². The smallest absolute Gasteiger partial charge is 0.308 e. The van der Waals surface area contributed by atoms with Crippen molar-refractivity contribution in [2.24, 2.45) is 5.92 Å². The molecule has 1 aromatic carbocycles. The lowest BCUT2D eigenvalue weighted by Gasteiger charge is -2.20. The van der Waals surface area contributed by atoms with Crippen LogP contribution in [-0.4, -0.2) is 35.5 Å². The topological polar surface area (TPSA) is 57.6 Å². The first-order valence-corrected chi connectivity index (χ1v) is 6.05. The SMILES string of the molecule is CC(CN(C)C(=O)c1ccc(F)cc1Br)C(=O)O. The van der Waals surface area contributed by atoms with Crippen LogP contribution in [0.25, 0.3) is 0 Å². The third kappa shape index (κ3) is 3.53. The number of nitrogens with zero attached hydrogens (tertiary/aromatic N) is 1. The summed E-state index contributed by atoms with van der Waals surface area (Å²) in [6, 6.07) is 3.75. The van der Waals surface area contributed by atoms with E-state index >= 15 is 0 Å². The Balaban J connectivity index is 2.83. The number of rotatable bonds is 4. The average molecular weight is 318 g/mol. The Labute approximate surface area is 113 Å². The van der Waals surface area contributed by atoms with Crippen LogP contribution >= 0.6 is 15.9 Å². The van der Waals surface area contributed by atoms with Crippen LogP contribution in [0.3, 0.4) is 0 Å². The first-order chi connectivity index (χ1) is 8.32. The van der Waals surface area contributed by atoms with Gasteiger partial charge in [-0.1, -0.05) is 6.92 Å². The number of benzene rings is 1. The van der Waals surface area contributed by atoms with E-state index in [1.54, 1.807) is 0 Å². The minimum Gasteiger partial charge on any atom is -0.481 e. The molecule has 0 aliphatic rings. The van der Waals surface area contributed by atoms with Crippen LogP contribution in [0.15, 0.2) is 22.7 Å². The number of aliphatic carboxylic acids is 1. The van der Waals surface area contributed by atoms with Crippen LogP contribution in [0.5, 0.6) is 0 Å². The molecule has 0 heterocycles. The van der Waals surface area contributed by atoms with E-state index in [-0.39, 0.29) is 12.5 Å². The zero-order valence-electron chi connectivity index (χ0n) is 9.98. The summed E-state index contributed by atoms with van der Waals surface area (Å²) in [6.45, 7) is 1.61. The highest BCUT2D eigenvalue weighted by Crippen LogP contribution is 2.19. The van der Waals surface area contributed by atoms with Crippen LogP contribution in [0.2, 0.25) is 0 Å². The van der Waals surface area contributed by atoms with Gasteiger partial charge in [0.1, 0.15) is 5.82 Å². The van der Waals surface area contributed by atoms with E-state index in [0.717, 1.165) is 0 Å². The minimum atomic E-state index is -0.965. The number of carbonyl (C=O) groups excluding carboxylic acids is 1. The molecule has 0 spiro atoms. The highest BCUT2D eigenvalue weighted by atomic mass is 79.9. The Bertz CT molecular complexity index is 478. The molecule has 0 saturated carbocycles. The molecule has 6 heteroatoms. The van der Waals surface area contributed by atoms with Gasteiger partial charge in [0.25, 0.3) is 5.91 Å². The van der Waals surface area contributed by atoms with Gasteiger partial charge in [-0.05, 0) is 34.1 Å². The largest absolute Gasteiger partial charge is 0.481 e. The molecule has 4 nitrogen and oxygen atoms in total. The van der Waals surface area contributed by atoms with E-state index in [9.17, 15) is 14.0 Å². The Kier molecular flexibility index (Phi) is 4.84. The van der Waals surface area contributed by atoms with Gasteiger partial charge < -0.3 is 10.0 Å². The summed E-state index contributed by atoms with van der Waals surface area (Å²) in [5.41, 5.74) is 0.302. The molecule has 0 aliphatic carbocycles. The zero-order chi connectivity index (χ0) is 13.9. The van der Waals surface area contributed by atoms with Crippen molar-refractivity contribution in [1.29, 1.82) is 0 Å². The van der Waals surface area contributed by atoms with E-state index in [0.29, 0.717) is 10.0 Å². The van der Waals surface area contributed by atoms with Crippen molar-refractivity contribution >= 4 is 27.8 Å². The van der Waals surface area contributed by atoms with E-state index < -0.39 is 17.7 Å². The molecular weight excluding hydrogens is 305 g/mol. The number of halogens is 2. The summed E-state index contributed by atoms with van der Waals surface area (Å²) < 4.78 is 13.2. The van der Waals surface area contributed by atoms with Crippen molar-refractivity contribution in [3.05, 3.63) is 34.1 Å². The van der Waals surface area contributed by atoms with Crippen LogP contribution in [0.4, 0.5) is 4.39 Å². The minimum absolute atomic E-state index is 0.0952. The molecular formula is C12H13BrFNO3. The fraction of sp³-hybridized carbons (Fsp3) is 0.333. The summed E-state index contributed by atoms with van der Waals surface area (Å²) in [5, 5.41) is 8.78. The van der Waals surface area contributed by atoms with Gasteiger partial charge in [0.2, 0.25) is 0 Å². The molecule has 1 amide bonds. The Morgan fingerprint density at radius 1 is 1.50 bits per heavy atom. The molecule has 1 unspecified atom stereocenters. The van der Waals surface area contributed by atoms with Crippen molar-refractivity contribution < 1.29 is 19.1 Å². The molecule has 1 rings (SSSR count). The van der Waals surface area contributed by atoms with Gasteiger partial charge in [-0.25, -0.2) is 4.39 Å². The van der Waals surface area contributed by atoms with E-state index in [1.807, 2.05) is 0 Å². The number of carbonyl (C=O) groups is 2. The van der Waals surface area contributed by atoms with Gasteiger partial charge >= 0.3 is 5.97 Å². The van der Waals surface area contributed by atoms with Gasteiger partial charge in [0, 0.05) is 18.1 Å². The fourth-order valence-corrected chi connectivity index (χ4v) is 1.96. The maximum Gasteiger partial charge on any atom is 0.308 e. The molecule has 1 N–H and O–H groups in total. The third-order valence-electron chi connectivity index (χ3n) is 2.48. The first-order valence-electron chi connectivity index (χ1n) is 5.26. The van der Waals surface area contributed by atoms with E-state index in [1.165, 1.54) is 37.1 Å². The van der Waals surface area contributed by atoms with Gasteiger partial charge in [0.15, 0.2) is 0 Å². The fourth-order valence-electron chi connectivity index (χ4n) is 1.44. The maximum absolute atomic E-state index is 12.9. The lowest BCUT2D eigenvalue weighted by atomic mass is 10.1. The Morgan fingerprint density at radius 2 is 2.11 bits per heavy atom. The highest BCUT2D eigenvalue weighted by molar-refractivity contribution is 9.10. The average Bonchev–Trinajstić information content (AvgIpc) is 2.27. The summed E-state index contributed by atoms with van der Waals surface area (Å²) in [5.74, 6) is -2.42. The number of hydrogen-bond acceptors (Lipinski definition) is 2. The number of carboxylic acid groups (broad SMARTS) is 1. The number of amides is 1. The normalized spacial score (nSPS) is 12.0. The van der Waals surface area contributed by atoms with Gasteiger partial charge in [-0.3, -0.25) is 9.59 Å². The second kappa shape index (κ2) is 5.95. The summed E-state index contributed by atoms with van der Waals surface area (Å²) >= 11 is 3.11. The molecule has 0 aromatic heterocycles. The first kappa shape index (κ1) is 14.6. The third-order valence-corrected chi connectivity index (χ3v) is 3.13. The summed E-state index contributed by atoms with van der Waals surface area (Å²) in [4.78, 5) is 24.0. The molecule has 18 heavy (non-hydrogen) atoms. The monoisotopic (exact) mass is 317 g/mol.